The summed E-state index contributed by atoms with van der Waals surface area (Å²) in [6, 6.07) is 9.76. The molecule has 2 N–H and O–H groups in total. The molecule has 4 nitrogen and oxygen atoms in total. The summed E-state index contributed by atoms with van der Waals surface area (Å²) in [5.41, 5.74) is 2.23. The standard InChI is InChI=1S/C16H22N4/c1-2-6-15-14(5-1)18-16(19-15)11-20(13-7-8-13)10-12-4-3-9-17-12/h1-2,5-6,12-13,17H,3-4,7-11H2,(H,18,19). The maximum absolute atomic E-state index is 4.72. The van der Waals surface area contributed by atoms with Crippen LogP contribution < -0.4 is 5.32 Å². The van der Waals surface area contributed by atoms with Crippen LogP contribution in [0.1, 0.15) is 31.5 Å². The largest absolute Gasteiger partial charge is 0.341 e. The fourth-order valence-electron chi connectivity index (χ4n) is 3.25. The monoisotopic (exact) mass is 270 g/mol. The summed E-state index contributed by atoms with van der Waals surface area (Å²) in [7, 11) is 0. The molecule has 4 heteroatoms. The number of aromatic amines is 1. The average molecular weight is 270 g/mol. The van der Waals surface area contributed by atoms with Gasteiger partial charge < -0.3 is 10.3 Å². The number of hydrogen-bond donors (Lipinski definition) is 2. The highest BCUT2D eigenvalue weighted by molar-refractivity contribution is 5.74. The first-order chi connectivity index (χ1) is 9.88. The zero-order chi connectivity index (χ0) is 13.4. The number of nitrogens with zero attached hydrogens (tertiary/aromatic N) is 2. The maximum atomic E-state index is 4.72. The molecule has 1 aliphatic carbocycles. The molecule has 2 aliphatic rings. The molecule has 0 amide bonds. The molecule has 1 aliphatic heterocycles. The molecule has 4 rings (SSSR count). The van der Waals surface area contributed by atoms with Crippen molar-refractivity contribution in [1.29, 1.82) is 0 Å². The number of para-hydroxylation sites is 2. The fraction of sp³-hybridized carbons (Fsp3) is 0.562. The third kappa shape index (κ3) is 2.58. The van der Waals surface area contributed by atoms with Gasteiger partial charge in [-0.05, 0) is 44.4 Å². The molecule has 0 radical (unpaired) electrons. The third-order valence-electron chi connectivity index (χ3n) is 4.47. The Morgan fingerprint density at radius 2 is 2.10 bits per heavy atom. The molecule has 1 atom stereocenters. The molecule has 0 bridgehead atoms. The van der Waals surface area contributed by atoms with Crippen molar-refractivity contribution in [2.45, 2.75) is 44.3 Å². The van der Waals surface area contributed by atoms with Crippen molar-refractivity contribution in [3.05, 3.63) is 30.1 Å². The Kier molecular flexibility index (Phi) is 3.20. The summed E-state index contributed by atoms with van der Waals surface area (Å²) in [5, 5.41) is 3.61. The van der Waals surface area contributed by atoms with Crippen molar-refractivity contribution in [2.75, 3.05) is 13.1 Å². The van der Waals surface area contributed by atoms with E-state index >= 15 is 0 Å². The van der Waals surface area contributed by atoms with Gasteiger partial charge in [-0.25, -0.2) is 4.98 Å². The van der Waals surface area contributed by atoms with Gasteiger partial charge >= 0.3 is 0 Å². The van der Waals surface area contributed by atoms with Crippen LogP contribution in [0, 0.1) is 0 Å². The van der Waals surface area contributed by atoms with Gasteiger partial charge in [-0.2, -0.15) is 0 Å². The van der Waals surface area contributed by atoms with E-state index in [0.29, 0.717) is 6.04 Å². The van der Waals surface area contributed by atoms with E-state index in [1.807, 2.05) is 6.07 Å². The van der Waals surface area contributed by atoms with Gasteiger partial charge in [-0.1, -0.05) is 12.1 Å². The second-order valence-corrected chi connectivity index (χ2v) is 6.15. The van der Waals surface area contributed by atoms with Crippen molar-refractivity contribution in [3.63, 3.8) is 0 Å². The van der Waals surface area contributed by atoms with Crippen LogP contribution in [0.2, 0.25) is 0 Å². The first-order valence-corrected chi connectivity index (χ1v) is 7.79. The molecule has 1 saturated carbocycles. The minimum atomic E-state index is 0.681. The molecular formula is C16H22N4. The van der Waals surface area contributed by atoms with E-state index in [2.05, 4.69) is 33.4 Å². The van der Waals surface area contributed by atoms with Crippen LogP contribution in [0.25, 0.3) is 11.0 Å². The Hall–Kier alpha value is -1.39. The van der Waals surface area contributed by atoms with E-state index in [1.165, 1.54) is 38.8 Å². The van der Waals surface area contributed by atoms with Crippen LogP contribution in [0.5, 0.6) is 0 Å². The Morgan fingerprint density at radius 1 is 1.20 bits per heavy atom. The van der Waals surface area contributed by atoms with Crippen LogP contribution in [0.4, 0.5) is 0 Å². The first-order valence-electron chi connectivity index (χ1n) is 7.79. The van der Waals surface area contributed by atoms with E-state index in [4.69, 9.17) is 4.98 Å². The zero-order valence-corrected chi connectivity index (χ0v) is 11.8. The van der Waals surface area contributed by atoms with Crippen molar-refractivity contribution < 1.29 is 0 Å². The van der Waals surface area contributed by atoms with E-state index in [0.717, 1.165) is 29.4 Å². The summed E-state index contributed by atoms with van der Waals surface area (Å²) in [5.74, 6) is 1.11. The van der Waals surface area contributed by atoms with Gasteiger partial charge in [0, 0.05) is 18.6 Å². The molecule has 1 aromatic carbocycles. The Morgan fingerprint density at radius 3 is 2.85 bits per heavy atom. The first kappa shape index (κ1) is 12.4. The molecule has 2 aromatic rings. The molecule has 1 saturated heterocycles. The van der Waals surface area contributed by atoms with Crippen molar-refractivity contribution in [1.82, 2.24) is 20.2 Å². The van der Waals surface area contributed by atoms with Crippen LogP contribution in [0.3, 0.4) is 0 Å². The zero-order valence-electron chi connectivity index (χ0n) is 11.8. The predicted octanol–water partition coefficient (Wildman–Crippen LogP) is 2.28. The van der Waals surface area contributed by atoms with Crippen molar-refractivity contribution in [2.24, 2.45) is 0 Å². The lowest BCUT2D eigenvalue weighted by Crippen LogP contribution is -2.38. The highest BCUT2D eigenvalue weighted by Gasteiger charge is 2.31. The summed E-state index contributed by atoms with van der Waals surface area (Å²) < 4.78 is 0. The third-order valence-corrected chi connectivity index (χ3v) is 4.47. The lowest BCUT2D eigenvalue weighted by Gasteiger charge is -2.24. The van der Waals surface area contributed by atoms with Gasteiger partial charge in [-0.15, -0.1) is 0 Å². The highest BCUT2D eigenvalue weighted by atomic mass is 15.2. The second-order valence-electron chi connectivity index (χ2n) is 6.15. The highest BCUT2D eigenvalue weighted by Crippen LogP contribution is 2.29. The van der Waals surface area contributed by atoms with Crippen molar-refractivity contribution >= 4 is 11.0 Å². The summed E-state index contributed by atoms with van der Waals surface area (Å²) in [6.45, 7) is 3.31. The van der Waals surface area contributed by atoms with Crippen molar-refractivity contribution in [3.8, 4) is 0 Å². The van der Waals surface area contributed by atoms with Gasteiger partial charge in [0.1, 0.15) is 5.82 Å². The predicted molar refractivity (Wildman–Crippen MR) is 80.6 cm³/mol. The molecule has 2 heterocycles. The summed E-state index contributed by atoms with van der Waals surface area (Å²) in [6.07, 6.45) is 5.36. The molecule has 1 unspecified atom stereocenters. The van der Waals surface area contributed by atoms with E-state index < -0.39 is 0 Å². The molecule has 20 heavy (non-hydrogen) atoms. The van der Waals surface area contributed by atoms with E-state index in [1.54, 1.807) is 0 Å². The van der Waals surface area contributed by atoms with E-state index in [-0.39, 0.29) is 0 Å². The topological polar surface area (TPSA) is 44.0 Å². The minimum Gasteiger partial charge on any atom is -0.341 e. The molecule has 2 fully saturated rings. The normalized spacial score (nSPS) is 22.9. The summed E-state index contributed by atoms with van der Waals surface area (Å²) in [4.78, 5) is 10.8. The summed E-state index contributed by atoms with van der Waals surface area (Å²) >= 11 is 0. The number of aromatic nitrogens is 2. The number of rotatable bonds is 5. The fourth-order valence-corrected chi connectivity index (χ4v) is 3.25. The smallest absolute Gasteiger partial charge is 0.121 e. The lowest BCUT2D eigenvalue weighted by atomic mass is 10.2. The second kappa shape index (κ2) is 5.19. The molecule has 106 valence electrons. The Bertz CT molecular complexity index is 548. The van der Waals surface area contributed by atoms with E-state index in [9.17, 15) is 0 Å². The number of H-pyrrole nitrogens is 1. The van der Waals surface area contributed by atoms with Gasteiger partial charge in [-0.3, -0.25) is 4.90 Å². The maximum Gasteiger partial charge on any atom is 0.121 e. The quantitative estimate of drug-likeness (QED) is 0.876. The van der Waals surface area contributed by atoms with Crippen LogP contribution in [-0.4, -0.2) is 40.0 Å². The van der Waals surface area contributed by atoms with Gasteiger partial charge in [0.05, 0.1) is 17.6 Å². The Balaban J connectivity index is 1.49. The van der Waals surface area contributed by atoms with Crippen LogP contribution >= 0.6 is 0 Å². The van der Waals surface area contributed by atoms with Crippen LogP contribution in [-0.2, 0) is 6.54 Å². The van der Waals surface area contributed by atoms with Gasteiger partial charge in [0.25, 0.3) is 0 Å². The number of imidazole rings is 1. The number of nitrogens with one attached hydrogen (secondary N) is 2. The van der Waals surface area contributed by atoms with Crippen LogP contribution in [0.15, 0.2) is 24.3 Å². The molecule has 1 aromatic heterocycles. The SMILES string of the molecule is c1ccc2[nH]c(CN(CC3CCCN3)C3CC3)nc2c1. The number of fused-ring (bicyclic) bond motifs is 1. The van der Waals surface area contributed by atoms with Gasteiger partial charge in [0.15, 0.2) is 0 Å². The van der Waals surface area contributed by atoms with Gasteiger partial charge in [0.2, 0.25) is 0 Å². The average Bonchev–Trinajstić information content (AvgIpc) is 3.03. The Labute approximate surface area is 119 Å². The number of hydrogen-bond acceptors (Lipinski definition) is 3. The lowest BCUT2D eigenvalue weighted by molar-refractivity contribution is 0.226. The molecule has 0 spiro atoms. The molecular weight excluding hydrogens is 248 g/mol. The minimum absolute atomic E-state index is 0.681. The number of benzene rings is 1.